The van der Waals surface area contributed by atoms with E-state index in [-0.39, 0.29) is 12.1 Å². The van der Waals surface area contributed by atoms with Crippen LogP contribution in [0.5, 0.6) is 0 Å². The monoisotopic (exact) mass is 623 g/mol. The summed E-state index contributed by atoms with van der Waals surface area (Å²) in [6, 6.07) is 0. The average molecular weight is 623 g/mol. The molecule has 0 amide bonds. The quantitative estimate of drug-likeness (QED) is 0.0814. The molecule has 0 aromatic carbocycles. The van der Waals surface area contributed by atoms with Gasteiger partial charge in [-0.2, -0.15) is 0 Å². The molecular formula is C43H74O2. The van der Waals surface area contributed by atoms with Crippen LogP contribution in [0.2, 0.25) is 0 Å². The van der Waals surface area contributed by atoms with Crippen LogP contribution in [0.4, 0.5) is 0 Å². The van der Waals surface area contributed by atoms with E-state index in [4.69, 9.17) is 4.74 Å². The number of hydrogen-bond donors (Lipinski definition) is 0. The second-order valence-corrected chi connectivity index (χ2v) is 17.2. The molecule has 0 bridgehead atoms. The van der Waals surface area contributed by atoms with E-state index in [1.807, 2.05) is 0 Å². The van der Waals surface area contributed by atoms with Crippen LogP contribution < -0.4 is 0 Å². The lowest BCUT2D eigenvalue weighted by atomic mass is 9.47. The zero-order chi connectivity index (χ0) is 32.3. The maximum atomic E-state index is 12.8. The largest absolute Gasteiger partial charge is 0.462 e. The van der Waals surface area contributed by atoms with Crippen molar-refractivity contribution in [3.8, 4) is 0 Å². The summed E-state index contributed by atoms with van der Waals surface area (Å²) < 4.78 is 6.12. The number of rotatable bonds is 19. The van der Waals surface area contributed by atoms with Gasteiger partial charge < -0.3 is 4.74 Å². The molecule has 0 heterocycles. The van der Waals surface area contributed by atoms with Gasteiger partial charge in [0.15, 0.2) is 0 Å². The Morgan fingerprint density at radius 3 is 2.16 bits per heavy atom. The highest BCUT2D eigenvalue weighted by atomic mass is 16.5. The van der Waals surface area contributed by atoms with Gasteiger partial charge in [-0.3, -0.25) is 4.79 Å². The Hall–Kier alpha value is -1.05. The van der Waals surface area contributed by atoms with Crippen LogP contribution in [-0.4, -0.2) is 12.1 Å². The minimum absolute atomic E-state index is 0.0603. The van der Waals surface area contributed by atoms with Crippen LogP contribution in [0.25, 0.3) is 0 Å². The Labute approximate surface area is 280 Å². The first-order valence-corrected chi connectivity index (χ1v) is 20.2. The smallest absolute Gasteiger partial charge is 0.306 e. The summed E-state index contributed by atoms with van der Waals surface area (Å²) in [6.07, 6.45) is 36.1. The van der Waals surface area contributed by atoms with E-state index in [2.05, 4.69) is 53.7 Å². The minimum Gasteiger partial charge on any atom is -0.462 e. The highest BCUT2D eigenvalue weighted by Crippen LogP contribution is 2.67. The molecule has 45 heavy (non-hydrogen) atoms. The molecule has 3 fully saturated rings. The predicted molar refractivity (Wildman–Crippen MR) is 193 cm³/mol. The third kappa shape index (κ3) is 9.75. The number of hydrogen-bond acceptors (Lipinski definition) is 2. The fourth-order valence-corrected chi connectivity index (χ4v) is 11.1. The van der Waals surface area contributed by atoms with Crippen molar-refractivity contribution in [2.75, 3.05) is 0 Å². The summed E-state index contributed by atoms with van der Waals surface area (Å²) in [4.78, 5) is 12.8. The van der Waals surface area contributed by atoms with Gasteiger partial charge in [0.2, 0.25) is 0 Å². The molecule has 2 nitrogen and oxygen atoms in total. The van der Waals surface area contributed by atoms with Gasteiger partial charge in [-0.25, -0.2) is 0 Å². The molecule has 258 valence electrons. The normalized spacial score (nSPS) is 33.0. The van der Waals surface area contributed by atoms with E-state index in [0.717, 1.165) is 48.9 Å². The van der Waals surface area contributed by atoms with Crippen molar-refractivity contribution < 1.29 is 9.53 Å². The first-order valence-electron chi connectivity index (χ1n) is 20.2. The number of allylic oxidation sites excluding steroid dienone is 3. The van der Waals surface area contributed by atoms with Crippen LogP contribution in [-0.2, 0) is 9.53 Å². The predicted octanol–water partition coefficient (Wildman–Crippen LogP) is 13.3. The van der Waals surface area contributed by atoms with E-state index >= 15 is 0 Å². The molecule has 3 saturated carbocycles. The number of ether oxygens (including phenoxy) is 1. The third-order valence-electron chi connectivity index (χ3n) is 13.8. The Bertz CT molecular complexity index is 957. The molecule has 0 radical (unpaired) electrons. The first kappa shape index (κ1) is 36.8. The molecule has 0 aromatic heterocycles. The molecular weight excluding hydrogens is 548 g/mol. The first-order chi connectivity index (χ1) is 21.7. The zero-order valence-electron chi connectivity index (χ0n) is 30.9. The fourth-order valence-electron chi connectivity index (χ4n) is 11.1. The van der Waals surface area contributed by atoms with Gasteiger partial charge >= 0.3 is 5.97 Å². The average Bonchev–Trinajstić information content (AvgIpc) is 3.37. The second-order valence-electron chi connectivity index (χ2n) is 17.2. The van der Waals surface area contributed by atoms with Crippen LogP contribution in [0.1, 0.15) is 196 Å². The van der Waals surface area contributed by atoms with Crippen LogP contribution in [0.15, 0.2) is 23.3 Å². The molecule has 8 atom stereocenters. The number of carbonyl (C=O) groups excluding carboxylic acids is 1. The van der Waals surface area contributed by atoms with Crippen molar-refractivity contribution in [2.24, 2.45) is 40.4 Å². The van der Waals surface area contributed by atoms with Crippen LogP contribution >= 0.6 is 0 Å². The Morgan fingerprint density at radius 1 is 0.867 bits per heavy atom. The Kier molecular flexibility index (Phi) is 14.6. The molecule has 0 N–H and O–H groups in total. The van der Waals surface area contributed by atoms with Crippen molar-refractivity contribution >= 4 is 5.97 Å². The van der Waals surface area contributed by atoms with Crippen molar-refractivity contribution in [1.29, 1.82) is 0 Å². The van der Waals surface area contributed by atoms with Gasteiger partial charge in [-0.05, 0) is 118 Å². The van der Waals surface area contributed by atoms with E-state index in [1.54, 1.807) is 5.57 Å². The van der Waals surface area contributed by atoms with Gasteiger partial charge in [0.05, 0.1) is 0 Å². The van der Waals surface area contributed by atoms with Gasteiger partial charge in [0.1, 0.15) is 6.10 Å². The van der Waals surface area contributed by atoms with E-state index in [1.165, 1.54) is 134 Å². The Balaban J connectivity index is 1.15. The van der Waals surface area contributed by atoms with Crippen molar-refractivity contribution in [2.45, 2.75) is 202 Å². The maximum absolute atomic E-state index is 12.8. The third-order valence-corrected chi connectivity index (χ3v) is 13.8. The van der Waals surface area contributed by atoms with Crippen LogP contribution in [0, 0.1) is 40.4 Å². The molecule has 8 unspecified atom stereocenters. The SMILES string of the molecule is CCCCCCCCCCCCCCCC(=O)OC1CCC2(C)C(=CCC3C2CCC2(C)C(C(C)CCC=C(C)C)CCC32)C1. The zero-order valence-corrected chi connectivity index (χ0v) is 30.9. The summed E-state index contributed by atoms with van der Waals surface area (Å²) in [5.41, 5.74) is 3.97. The summed E-state index contributed by atoms with van der Waals surface area (Å²) in [5, 5.41) is 0. The minimum atomic E-state index is 0.0603. The fraction of sp³-hybridized carbons (Fsp3) is 0.884. The topological polar surface area (TPSA) is 26.3 Å². The van der Waals surface area contributed by atoms with E-state index in [0.29, 0.717) is 17.3 Å². The molecule has 0 saturated heterocycles. The van der Waals surface area contributed by atoms with E-state index in [9.17, 15) is 4.79 Å². The summed E-state index contributed by atoms with van der Waals surface area (Å²) in [5.74, 6) is 4.39. The van der Waals surface area contributed by atoms with Crippen LogP contribution in [0.3, 0.4) is 0 Å². The molecule has 2 heteroatoms. The number of esters is 1. The lowest BCUT2D eigenvalue weighted by molar-refractivity contribution is -0.151. The highest BCUT2D eigenvalue weighted by molar-refractivity contribution is 5.69. The van der Waals surface area contributed by atoms with Gasteiger partial charge in [0, 0.05) is 12.8 Å². The lowest BCUT2D eigenvalue weighted by Crippen LogP contribution is -2.51. The number of unbranched alkanes of at least 4 members (excludes halogenated alkanes) is 12. The molecule has 0 spiro atoms. The van der Waals surface area contributed by atoms with Gasteiger partial charge in [-0.15, -0.1) is 0 Å². The van der Waals surface area contributed by atoms with E-state index < -0.39 is 0 Å². The lowest BCUT2D eigenvalue weighted by Gasteiger charge is -2.58. The summed E-state index contributed by atoms with van der Waals surface area (Å²) in [7, 11) is 0. The highest BCUT2D eigenvalue weighted by Gasteiger charge is 2.59. The van der Waals surface area contributed by atoms with Crippen molar-refractivity contribution in [3.05, 3.63) is 23.3 Å². The summed E-state index contributed by atoms with van der Waals surface area (Å²) >= 11 is 0. The number of fused-ring (bicyclic) bond motifs is 5. The van der Waals surface area contributed by atoms with Gasteiger partial charge in [-0.1, -0.05) is 128 Å². The van der Waals surface area contributed by atoms with Crippen molar-refractivity contribution in [1.82, 2.24) is 0 Å². The van der Waals surface area contributed by atoms with Gasteiger partial charge in [0.25, 0.3) is 0 Å². The maximum Gasteiger partial charge on any atom is 0.306 e. The number of carbonyl (C=O) groups is 1. The second kappa shape index (κ2) is 17.9. The summed E-state index contributed by atoms with van der Waals surface area (Å²) in [6.45, 7) is 14.6. The molecule has 0 aromatic rings. The standard InChI is InChI=1S/C43H74O2/c1-7-8-9-10-11-12-13-14-15-16-17-18-19-23-41(44)45-36-28-30-42(5)35(32-36)24-25-37-39-27-26-38(34(4)22-20-21-33(2)3)43(39,6)31-29-40(37)42/h21,24,34,36-40H,7-20,22-23,25-32H2,1-6H3. The molecule has 4 aliphatic rings. The molecule has 4 aliphatic carbocycles. The van der Waals surface area contributed by atoms with Crippen molar-refractivity contribution in [3.63, 3.8) is 0 Å². The Morgan fingerprint density at radius 2 is 1.51 bits per heavy atom. The molecule has 4 rings (SSSR count). The molecule has 0 aliphatic heterocycles.